The lowest BCUT2D eigenvalue weighted by molar-refractivity contribution is -0.114. The number of hydrogen-bond acceptors (Lipinski definition) is 2. The number of hydrogen-bond donors (Lipinski definition) is 3. The van der Waals surface area contributed by atoms with Gasteiger partial charge in [0.15, 0.2) is 0 Å². The van der Waals surface area contributed by atoms with Gasteiger partial charge in [0.2, 0.25) is 5.91 Å². The smallest absolute Gasteiger partial charge is 0.319 e. The van der Waals surface area contributed by atoms with E-state index in [-0.39, 0.29) is 18.0 Å². The lowest BCUT2D eigenvalue weighted by atomic mass is 9.86. The highest BCUT2D eigenvalue weighted by Crippen LogP contribution is 2.24. The largest absolute Gasteiger partial charge is 0.335 e. The van der Waals surface area contributed by atoms with Crippen LogP contribution in [0.2, 0.25) is 0 Å². The SMILES string of the molecule is CC(=O)Nc1cccc(NC(=O)N[C@H]2CCCC[C@H]2C)c1. The molecule has 2 rings (SSSR count). The van der Waals surface area contributed by atoms with E-state index in [9.17, 15) is 9.59 Å². The molecule has 0 heterocycles. The normalized spacial score (nSPS) is 21.4. The van der Waals surface area contributed by atoms with E-state index in [1.165, 1.54) is 26.2 Å². The lowest BCUT2D eigenvalue weighted by Gasteiger charge is -2.29. The molecule has 0 bridgehead atoms. The van der Waals surface area contributed by atoms with Gasteiger partial charge in [-0.25, -0.2) is 4.79 Å². The van der Waals surface area contributed by atoms with Crippen LogP contribution in [-0.2, 0) is 4.79 Å². The summed E-state index contributed by atoms with van der Waals surface area (Å²) in [6.45, 7) is 3.64. The Morgan fingerprint density at radius 1 is 1.10 bits per heavy atom. The van der Waals surface area contributed by atoms with Crippen molar-refractivity contribution < 1.29 is 9.59 Å². The maximum atomic E-state index is 12.1. The molecule has 0 aliphatic heterocycles. The standard InChI is InChI=1S/C16H23N3O2/c1-11-6-3-4-9-15(11)19-16(21)18-14-8-5-7-13(10-14)17-12(2)20/h5,7-8,10-11,15H,3-4,6,9H2,1-2H3,(H,17,20)(H2,18,19,21)/t11-,15+/m1/s1. The minimum Gasteiger partial charge on any atom is -0.335 e. The zero-order valence-corrected chi connectivity index (χ0v) is 12.6. The van der Waals surface area contributed by atoms with Crippen molar-refractivity contribution >= 4 is 23.3 Å². The number of carbonyl (C=O) groups is 2. The van der Waals surface area contributed by atoms with E-state index in [4.69, 9.17) is 0 Å². The van der Waals surface area contributed by atoms with Crippen molar-refractivity contribution in [3.63, 3.8) is 0 Å². The number of urea groups is 1. The summed E-state index contributed by atoms with van der Waals surface area (Å²) >= 11 is 0. The lowest BCUT2D eigenvalue weighted by Crippen LogP contribution is -2.43. The van der Waals surface area contributed by atoms with Crippen molar-refractivity contribution in [1.82, 2.24) is 5.32 Å². The molecule has 0 radical (unpaired) electrons. The first kappa shape index (κ1) is 15.4. The summed E-state index contributed by atoms with van der Waals surface area (Å²) in [5, 5.41) is 8.56. The van der Waals surface area contributed by atoms with Crippen molar-refractivity contribution in [3.05, 3.63) is 24.3 Å². The predicted octanol–water partition coefficient (Wildman–Crippen LogP) is 3.35. The van der Waals surface area contributed by atoms with E-state index in [1.54, 1.807) is 24.3 Å². The Labute approximate surface area is 125 Å². The third-order valence-electron chi connectivity index (χ3n) is 3.87. The first-order valence-electron chi connectivity index (χ1n) is 7.50. The van der Waals surface area contributed by atoms with Gasteiger partial charge >= 0.3 is 6.03 Å². The molecule has 3 amide bonds. The fourth-order valence-electron chi connectivity index (χ4n) is 2.74. The first-order chi connectivity index (χ1) is 10.0. The van der Waals surface area contributed by atoms with Crippen LogP contribution in [0, 0.1) is 5.92 Å². The van der Waals surface area contributed by atoms with Gasteiger partial charge < -0.3 is 16.0 Å². The van der Waals surface area contributed by atoms with E-state index >= 15 is 0 Å². The van der Waals surface area contributed by atoms with Crippen molar-refractivity contribution in [2.45, 2.75) is 45.6 Å². The second-order valence-corrected chi connectivity index (χ2v) is 5.73. The molecule has 5 nitrogen and oxygen atoms in total. The van der Waals surface area contributed by atoms with E-state index in [2.05, 4.69) is 22.9 Å². The van der Waals surface area contributed by atoms with E-state index in [0.29, 0.717) is 17.3 Å². The van der Waals surface area contributed by atoms with Crippen LogP contribution in [0.3, 0.4) is 0 Å². The molecule has 0 saturated heterocycles. The Hall–Kier alpha value is -2.04. The van der Waals surface area contributed by atoms with Crippen LogP contribution < -0.4 is 16.0 Å². The summed E-state index contributed by atoms with van der Waals surface area (Å²) in [5.74, 6) is 0.392. The molecule has 21 heavy (non-hydrogen) atoms. The summed E-state index contributed by atoms with van der Waals surface area (Å²) in [5.41, 5.74) is 1.34. The first-order valence-corrected chi connectivity index (χ1v) is 7.50. The van der Waals surface area contributed by atoms with Gasteiger partial charge in [-0.3, -0.25) is 4.79 Å². The number of rotatable bonds is 3. The molecule has 0 unspecified atom stereocenters. The monoisotopic (exact) mass is 289 g/mol. The number of anilines is 2. The predicted molar refractivity (Wildman–Crippen MR) is 84.3 cm³/mol. The minimum absolute atomic E-state index is 0.132. The number of amides is 3. The molecule has 0 aromatic heterocycles. The quantitative estimate of drug-likeness (QED) is 0.798. The summed E-state index contributed by atoms with van der Waals surface area (Å²) < 4.78 is 0. The number of carbonyl (C=O) groups excluding carboxylic acids is 2. The molecule has 1 fully saturated rings. The second-order valence-electron chi connectivity index (χ2n) is 5.73. The molecule has 1 aliphatic rings. The van der Waals surface area contributed by atoms with Gasteiger partial charge in [-0.05, 0) is 37.0 Å². The maximum absolute atomic E-state index is 12.1. The Bertz CT molecular complexity index is 516. The van der Waals surface area contributed by atoms with Crippen LogP contribution in [0.15, 0.2) is 24.3 Å². The van der Waals surface area contributed by atoms with Crippen LogP contribution in [0.5, 0.6) is 0 Å². The summed E-state index contributed by atoms with van der Waals surface area (Å²) in [4.78, 5) is 23.1. The van der Waals surface area contributed by atoms with E-state index < -0.39 is 0 Å². The Balaban J connectivity index is 1.91. The van der Waals surface area contributed by atoms with Gasteiger partial charge in [-0.2, -0.15) is 0 Å². The van der Waals surface area contributed by atoms with E-state index in [0.717, 1.165) is 6.42 Å². The third kappa shape index (κ3) is 4.77. The molecule has 1 aromatic carbocycles. The van der Waals surface area contributed by atoms with Crippen molar-refractivity contribution in [1.29, 1.82) is 0 Å². The summed E-state index contributed by atoms with van der Waals surface area (Å²) in [7, 11) is 0. The fraction of sp³-hybridized carbons (Fsp3) is 0.500. The van der Waals surface area contributed by atoms with Gasteiger partial charge in [-0.1, -0.05) is 25.8 Å². The van der Waals surface area contributed by atoms with Crippen molar-refractivity contribution in [3.8, 4) is 0 Å². The van der Waals surface area contributed by atoms with Crippen molar-refractivity contribution in [2.75, 3.05) is 10.6 Å². The summed E-state index contributed by atoms with van der Waals surface area (Å²) in [6, 6.07) is 7.18. The third-order valence-corrected chi connectivity index (χ3v) is 3.87. The minimum atomic E-state index is -0.186. The van der Waals surface area contributed by atoms with E-state index in [1.807, 2.05) is 0 Å². The highest BCUT2D eigenvalue weighted by Gasteiger charge is 2.22. The van der Waals surface area contributed by atoms with Crippen LogP contribution in [0.1, 0.15) is 39.5 Å². The highest BCUT2D eigenvalue weighted by atomic mass is 16.2. The average Bonchev–Trinajstić information content (AvgIpc) is 2.41. The van der Waals surface area contributed by atoms with Crippen LogP contribution in [0.4, 0.5) is 16.2 Å². The number of benzene rings is 1. The molecule has 3 N–H and O–H groups in total. The number of nitrogens with one attached hydrogen (secondary N) is 3. The molecule has 0 spiro atoms. The molecule has 1 saturated carbocycles. The van der Waals surface area contributed by atoms with Gasteiger partial charge in [0, 0.05) is 24.3 Å². The molecule has 114 valence electrons. The van der Waals surface area contributed by atoms with Crippen LogP contribution in [-0.4, -0.2) is 18.0 Å². The van der Waals surface area contributed by atoms with Crippen molar-refractivity contribution in [2.24, 2.45) is 5.92 Å². The van der Waals surface area contributed by atoms with Crippen LogP contribution >= 0.6 is 0 Å². The molecular formula is C16H23N3O2. The van der Waals surface area contributed by atoms with Gasteiger partial charge in [0.25, 0.3) is 0 Å². The Morgan fingerprint density at radius 3 is 2.43 bits per heavy atom. The molecule has 1 aliphatic carbocycles. The molecule has 1 aromatic rings. The van der Waals surface area contributed by atoms with Gasteiger partial charge in [0.05, 0.1) is 0 Å². The Kier molecular flexibility index (Phi) is 5.20. The maximum Gasteiger partial charge on any atom is 0.319 e. The zero-order chi connectivity index (χ0) is 15.2. The highest BCUT2D eigenvalue weighted by molar-refractivity contribution is 5.92. The zero-order valence-electron chi connectivity index (χ0n) is 12.6. The molecule has 2 atom stereocenters. The topological polar surface area (TPSA) is 70.2 Å². The average molecular weight is 289 g/mol. The fourth-order valence-corrected chi connectivity index (χ4v) is 2.74. The van der Waals surface area contributed by atoms with Crippen LogP contribution in [0.25, 0.3) is 0 Å². The molecule has 5 heteroatoms. The van der Waals surface area contributed by atoms with Gasteiger partial charge in [-0.15, -0.1) is 0 Å². The molecular weight excluding hydrogens is 266 g/mol. The van der Waals surface area contributed by atoms with Gasteiger partial charge in [0.1, 0.15) is 0 Å². The Morgan fingerprint density at radius 2 is 1.76 bits per heavy atom. The summed E-state index contributed by atoms with van der Waals surface area (Å²) in [6.07, 6.45) is 4.64. The second kappa shape index (κ2) is 7.11.